The van der Waals surface area contributed by atoms with E-state index in [4.69, 9.17) is 20.4 Å². The lowest BCUT2D eigenvalue weighted by Gasteiger charge is -2.20. The summed E-state index contributed by atoms with van der Waals surface area (Å²) in [6.07, 6.45) is 0.177. The van der Waals surface area contributed by atoms with Gasteiger partial charge in [0, 0.05) is 12.1 Å². The molecule has 1 fully saturated rings. The molecule has 106 valence electrons. The van der Waals surface area contributed by atoms with Gasteiger partial charge in [-0.2, -0.15) is 0 Å². The largest absolute Gasteiger partial charge is 0.481 e. The van der Waals surface area contributed by atoms with E-state index in [0.717, 1.165) is 0 Å². The molecule has 9 heteroatoms. The van der Waals surface area contributed by atoms with Gasteiger partial charge in [0.15, 0.2) is 11.8 Å². The highest BCUT2D eigenvalue weighted by Crippen LogP contribution is 2.24. The van der Waals surface area contributed by atoms with Gasteiger partial charge in [-0.3, -0.25) is 19.2 Å². The van der Waals surface area contributed by atoms with E-state index in [9.17, 15) is 19.2 Å². The van der Waals surface area contributed by atoms with Crippen molar-refractivity contribution < 1.29 is 39.6 Å². The molecule has 0 amide bonds. The first-order valence-corrected chi connectivity index (χ1v) is 5.43. The monoisotopic (exact) mass is 275 g/mol. The van der Waals surface area contributed by atoms with Crippen LogP contribution in [0.5, 0.6) is 0 Å². The lowest BCUT2D eigenvalue weighted by molar-refractivity contribution is -0.156. The summed E-state index contributed by atoms with van der Waals surface area (Å²) < 4.78 is 0. The fourth-order valence-corrected chi connectivity index (χ4v) is 2.23. The van der Waals surface area contributed by atoms with Crippen LogP contribution in [0.2, 0.25) is 0 Å². The summed E-state index contributed by atoms with van der Waals surface area (Å²) in [6.45, 7) is 0. The van der Waals surface area contributed by atoms with Crippen LogP contribution in [0, 0.1) is 11.8 Å². The zero-order valence-corrected chi connectivity index (χ0v) is 9.65. The molecule has 2 unspecified atom stereocenters. The van der Waals surface area contributed by atoms with Crippen LogP contribution in [0.25, 0.3) is 0 Å². The van der Waals surface area contributed by atoms with E-state index < -0.39 is 47.8 Å². The molecule has 0 spiro atoms. The predicted octanol–water partition coefficient (Wildman–Crippen LogP) is -1.32. The molecular weight excluding hydrogens is 262 g/mol. The molecule has 0 saturated carbocycles. The molecule has 19 heavy (non-hydrogen) atoms. The van der Waals surface area contributed by atoms with Gasteiger partial charge >= 0.3 is 23.9 Å². The molecule has 1 rings (SSSR count). The number of rotatable bonds is 6. The zero-order chi connectivity index (χ0) is 14.7. The second-order valence-electron chi connectivity index (χ2n) is 4.27. The number of nitrogens with one attached hydrogen (secondary N) is 1. The quantitative estimate of drug-likeness (QED) is 0.370. The smallest absolute Gasteiger partial charge is 0.319 e. The molecule has 1 aliphatic heterocycles. The first kappa shape index (κ1) is 14.9. The van der Waals surface area contributed by atoms with Gasteiger partial charge < -0.3 is 25.7 Å². The lowest BCUT2D eigenvalue weighted by atomic mass is 9.97. The van der Waals surface area contributed by atoms with Crippen molar-refractivity contribution in [2.75, 3.05) is 0 Å². The Labute approximate surface area is 106 Å². The van der Waals surface area contributed by atoms with Gasteiger partial charge in [-0.15, -0.1) is 0 Å². The maximum atomic E-state index is 10.8. The van der Waals surface area contributed by atoms with Gasteiger partial charge in [0.1, 0.15) is 0 Å². The standard InChI is InChI=1S/C10H13NO8/c12-7(13)5(8(14)15)3-1-2-4(11-3)6(9(16)17)10(18)19/h3-6,11H,1-2H2,(H,12,13)(H,14,15)(H,16,17)(H,18,19). The van der Waals surface area contributed by atoms with E-state index in [1.165, 1.54) is 0 Å². The van der Waals surface area contributed by atoms with Gasteiger partial charge in [0.25, 0.3) is 0 Å². The normalized spacial score (nSPS) is 22.6. The Bertz CT molecular complexity index is 354. The predicted molar refractivity (Wildman–Crippen MR) is 57.5 cm³/mol. The summed E-state index contributed by atoms with van der Waals surface area (Å²) in [5.41, 5.74) is 0. The van der Waals surface area contributed by atoms with E-state index in [1.807, 2.05) is 0 Å². The van der Waals surface area contributed by atoms with Crippen LogP contribution in [-0.2, 0) is 19.2 Å². The molecule has 0 aromatic rings. The molecular formula is C10H13NO8. The Balaban J connectivity index is 2.82. The summed E-state index contributed by atoms with van der Waals surface area (Å²) in [6, 6.07) is -1.97. The highest BCUT2D eigenvalue weighted by molar-refractivity contribution is 5.95. The van der Waals surface area contributed by atoms with Crippen LogP contribution in [-0.4, -0.2) is 56.4 Å². The summed E-state index contributed by atoms with van der Waals surface area (Å²) in [4.78, 5) is 43.3. The molecule has 0 bridgehead atoms. The Hall–Kier alpha value is -2.16. The fraction of sp³-hybridized carbons (Fsp3) is 0.600. The third-order valence-corrected chi connectivity index (χ3v) is 3.09. The minimum Gasteiger partial charge on any atom is -0.481 e. The third kappa shape index (κ3) is 3.19. The van der Waals surface area contributed by atoms with Gasteiger partial charge in [0.05, 0.1) is 0 Å². The second-order valence-corrected chi connectivity index (χ2v) is 4.27. The van der Waals surface area contributed by atoms with Crippen LogP contribution >= 0.6 is 0 Å². The van der Waals surface area contributed by atoms with Crippen molar-refractivity contribution in [3.63, 3.8) is 0 Å². The summed E-state index contributed by atoms with van der Waals surface area (Å²) in [7, 11) is 0. The van der Waals surface area contributed by atoms with E-state index in [2.05, 4.69) is 5.32 Å². The van der Waals surface area contributed by atoms with Crippen molar-refractivity contribution >= 4 is 23.9 Å². The van der Waals surface area contributed by atoms with Crippen LogP contribution in [0.15, 0.2) is 0 Å². The van der Waals surface area contributed by atoms with Gasteiger partial charge in [-0.1, -0.05) is 0 Å². The fourth-order valence-electron chi connectivity index (χ4n) is 2.23. The van der Waals surface area contributed by atoms with E-state index in [1.54, 1.807) is 0 Å². The Morgan fingerprint density at radius 1 is 0.737 bits per heavy atom. The Kier molecular flexibility index (Phi) is 4.43. The molecule has 0 aromatic carbocycles. The molecule has 0 aromatic heterocycles. The average Bonchev–Trinajstić information content (AvgIpc) is 2.64. The number of carbonyl (C=O) groups is 4. The lowest BCUT2D eigenvalue weighted by Crippen LogP contribution is -2.47. The molecule has 0 radical (unpaired) electrons. The molecule has 5 N–H and O–H groups in total. The minimum atomic E-state index is -1.73. The average molecular weight is 275 g/mol. The second kappa shape index (κ2) is 5.65. The van der Waals surface area contributed by atoms with Crippen molar-refractivity contribution in [1.29, 1.82) is 0 Å². The SMILES string of the molecule is O=C(O)C(C(=O)O)C1CCC(C(C(=O)O)C(=O)O)N1. The minimum absolute atomic E-state index is 0.0883. The molecule has 0 aliphatic carbocycles. The van der Waals surface area contributed by atoms with Crippen LogP contribution in [0.3, 0.4) is 0 Å². The van der Waals surface area contributed by atoms with Gasteiger partial charge in [-0.05, 0) is 12.8 Å². The Morgan fingerprint density at radius 2 is 1.00 bits per heavy atom. The van der Waals surface area contributed by atoms with E-state index in [0.29, 0.717) is 0 Å². The highest BCUT2D eigenvalue weighted by Gasteiger charge is 2.45. The topological polar surface area (TPSA) is 161 Å². The van der Waals surface area contributed by atoms with Crippen LogP contribution < -0.4 is 5.32 Å². The number of carboxylic acid groups (broad SMARTS) is 4. The summed E-state index contributed by atoms with van der Waals surface area (Å²) in [5, 5.41) is 37.7. The van der Waals surface area contributed by atoms with Crippen molar-refractivity contribution in [3.05, 3.63) is 0 Å². The first-order valence-electron chi connectivity index (χ1n) is 5.43. The third-order valence-electron chi connectivity index (χ3n) is 3.09. The van der Waals surface area contributed by atoms with Gasteiger partial charge in [-0.25, -0.2) is 0 Å². The molecule has 1 heterocycles. The van der Waals surface area contributed by atoms with Crippen molar-refractivity contribution in [2.24, 2.45) is 11.8 Å². The molecule has 1 aliphatic rings. The number of hydrogen-bond donors (Lipinski definition) is 5. The van der Waals surface area contributed by atoms with Crippen molar-refractivity contribution in [1.82, 2.24) is 5.32 Å². The van der Waals surface area contributed by atoms with Crippen molar-refractivity contribution in [3.8, 4) is 0 Å². The van der Waals surface area contributed by atoms with Gasteiger partial charge in [0.2, 0.25) is 0 Å². The first-order chi connectivity index (χ1) is 8.75. The molecule has 1 saturated heterocycles. The maximum Gasteiger partial charge on any atom is 0.319 e. The van der Waals surface area contributed by atoms with E-state index >= 15 is 0 Å². The molecule has 2 atom stereocenters. The Morgan fingerprint density at radius 3 is 1.21 bits per heavy atom. The van der Waals surface area contributed by atoms with E-state index in [-0.39, 0.29) is 12.8 Å². The van der Waals surface area contributed by atoms with Crippen molar-refractivity contribution in [2.45, 2.75) is 24.9 Å². The number of hydrogen-bond acceptors (Lipinski definition) is 5. The summed E-state index contributed by atoms with van der Waals surface area (Å²) in [5.74, 6) is -9.65. The maximum absolute atomic E-state index is 10.8. The highest BCUT2D eigenvalue weighted by atomic mass is 16.4. The molecule has 9 nitrogen and oxygen atoms in total. The summed E-state index contributed by atoms with van der Waals surface area (Å²) >= 11 is 0. The van der Waals surface area contributed by atoms with Crippen LogP contribution in [0.1, 0.15) is 12.8 Å². The zero-order valence-electron chi connectivity index (χ0n) is 9.65. The number of carboxylic acids is 4. The van der Waals surface area contributed by atoms with Crippen LogP contribution in [0.4, 0.5) is 0 Å². The number of aliphatic carboxylic acids is 4.